The summed E-state index contributed by atoms with van der Waals surface area (Å²) in [6.45, 7) is 5.63. The fourth-order valence-electron chi connectivity index (χ4n) is 3.48. The van der Waals surface area contributed by atoms with Crippen molar-refractivity contribution in [1.29, 1.82) is 0 Å². The minimum atomic E-state index is -0.740. The third-order valence-corrected chi connectivity index (χ3v) is 5.20. The van der Waals surface area contributed by atoms with Gasteiger partial charge in [-0.25, -0.2) is 9.37 Å². The number of nitrogens with zero attached hydrogens (tertiary/aromatic N) is 1. The Kier molecular flexibility index (Phi) is 6.62. The molecule has 1 aromatic heterocycles. The molecule has 2 heterocycles. The lowest BCUT2D eigenvalue weighted by atomic mass is 9.73. The molecular weight excluding hydrogens is 359 g/mol. The Morgan fingerprint density at radius 2 is 2.00 bits per heavy atom. The number of pyridine rings is 1. The molecule has 0 aliphatic carbocycles. The van der Waals surface area contributed by atoms with Crippen LogP contribution in [-0.4, -0.2) is 30.7 Å². The monoisotopic (exact) mass is 386 g/mol. The van der Waals surface area contributed by atoms with E-state index in [9.17, 15) is 9.18 Å². The lowest BCUT2D eigenvalue weighted by molar-refractivity contribution is -0.125. The molecule has 0 bridgehead atoms. The summed E-state index contributed by atoms with van der Waals surface area (Å²) in [5.74, 6) is 0.152. The molecule has 0 atom stereocenters. The Bertz CT molecular complexity index is 802. The number of ether oxygens (including phenoxy) is 2. The molecule has 1 aromatic carbocycles. The van der Waals surface area contributed by atoms with E-state index in [2.05, 4.69) is 17.2 Å². The number of anilines is 1. The molecule has 0 unspecified atom stereocenters. The Hall–Kier alpha value is -2.47. The fraction of sp³-hybridized carbons (Fsp3) is 0.455. The van der Waals surface area contributed by atoms with E-state index < -0.39 is 5.41 Å². The number of carbonyl (C=O) groups excluding carboxylic acids is 1. The van der Waals surface area contributed by atoms with Gasteiger partial charge in [0.15, 0.2) is 0 Å². The molecule has 28 heavy (non-hydrogen) atoms. The summed E-state index contributed by atoms with van der Waals surface area (Å²) in [6, 6.07) is 8.04. The Labute approximate surface area is 165 Å². The highest BCUT2D eigenvalue weighted by Gasteiger charge is 2.41. The van der Waals surface area contributed by atoms with E-state index in [-0.39, 0.29) is 11.7 Å². The van der Waals surface area contributed by atoms with Crippen LogP contribution in [0.2, 0.25) is 0 Å². The minimum absolute atomic E-state index is 0.122. The maximum absolute atomic E-state index is 13.4. The first-order valence-corrected chi connectivity index (χ1v) is 9.80. The molecule has 1 fully saturated rings. The van der Waals surface area contributed by atoms with Crippen LogP contribution < -0.4 is 10.1 Å². The Balaban J connectivity index is 1.79. The zero-order chi connectivity index (χ0) is 20.0. The number of hydrogen-bond acceptors (Lipinski definition) is 4. The normalized spacial score (nSPS) is 15.8. The molecule has 5 nitrogen and oxygen atoms in total. The number of carbonyl (C=O) groups is 1. The number of unbranched alkanes of at least 4 members (excludes halogenated alkanes) is 1. The predicted octanol–water partition coefficient (Wildman–Crippen LogP) is 4.39. The SMILES string of the molecule is CCCCOc1ncc(NC(=O)C2(c3ccc(F)cc3)CCOCC2)cc1C. The summed E-state index contributed by atoms with van der Waals surface area (Å²) >= 11 is 0. The van der Waals surface area contributed by atoms with Crippen molar-refractivity contribution >= 4 is 11.6 Å². The first-order chi connectivity index (χ1) is 13.5. The molecule has 0 spiro atoms. The van der Waals surface area contributed by atoms with Crippen LogP contribution in [0.5, 0.6) is 5.88 Å². The molecule has 0 radical (unpaired) electrons. The highest BCUT2D eigenvalue weighted by atomic mass is 19.1. The van der Waals surface area contributed by atoms with Gasteiger partial charge in [0.1, 0.15) is 5.82 Å². The van der Waals surface area contributed by atoms with Crippen molar-refractivity contribution in [3.05, 3.63) is 53.5 Å². The molecule has 1 amide bonds. The number of aromatic nitrogens is 1. The van der Waals surface area contributed by atoms with E-state index in [0.29, 0.717) is 44.2 Å². The van der Waals surface area contributed by atoms with E-state index in [1.807, 2.05) is 13.0 Å². The summed E-state index contributed by atoms with van der Waals surface area (Å²) < 4.78 is 24.5. The van der Waals surface area contributed by atoms with Crippen LogP contribution in [0.25, 0.3) is 0 Å². The summed E-state index contributed by atoms with van der Waals surface area (Å²) in [6.07, 6.45) is 4.75. The first-order valence-electron chi connectivity index (χ1n) is 9.80. The van der Waals surface area contributed by atoms with Gasteiger partial charge in [-0.05, 0) is 49.9 Å². The summed E-state index contributed by atoms with van der Waals surface area (Å²) in [4.78, 5) is 17.6. The summed E-state index contributed by atoms with van der Waals surface area (Å²) in [5.41, 5.74) is 1.56. The molecule has 1 aliphatic rings. The molecule has 1 saturated heterocycles. The highest BCUT2D eigenvalue weighted by molar-refractivity contribution is 5.99. The van der Waals surface area contributed by atoms with Gasteiger partial charge in [0.05, 0.1) is 23.9 Å². The van der Waals surface area contributed by atoms with E-state index >= 15 is 0 Å². The van der Waals surface area contributed by atoms with Crippen molar-refractivity contribution in [3.8, 4) is 5.88 Å². The van der Waals surface area contributed by atoms with Crippen LogP contribution in [0, 0.1) is 12.7 Å². The first kappa shape index (κ1) is 20.3. The fourth-order valence-corrected chi connectivity index (χ4v) is 3.48. The average molecular weight is 386 g/mol. The minimum Gasteiger partial charge on any atom is -0.477 e. The van der Waals surface area contributed by atoms with Crippen molar-refractivity contribution < 1.29 is 18.7 Å². The number of halogens is 1. The van der Waals surface area contributed by atoms with Gasteiger partial charge in [-0.2, -0.15) is 0 Å². The zero-order valence-corrected chi connectivity index (χ0v) is 16.5. The van der Waals surface area contributed by atoms with Crippen LogP contribution in [-0.2, 0) is 14.9 Å². The molecule has 6 heteroatoms. The number of nitrogens with one attached hydrogen (secondary N) is 1. The second kappa shape index (κ2) is 9.15. The maximum atomic E-state index is 13.4. The second-order valence-electron chi connectivity index (χ2n) is 7.20. The van der Waals surface area contributed by atoms with Crippen LogP contribution >= 0.6 is 0 Å². The Morgan fingerprint density at radius 1 is 1.29 bits per heavy atom. The molecule has 3 rings (SSSR count). The zero-order valence-electron chi connectivity index (χ0n) is 16.5. The quantitative estimate of drug-likeness (QED) is 0.717. The largest absolute Gasteiger partial charge is 0.477 e. The molecule has 2 aromatic rings. The Morgan fingerprint density at radius 3 is 2.64 bits per heavy atom. The third kappa shape index (κ3) is 4.50. The lowest BCUT2D eigenvalue weighted by Gasteiger charge is -2.36. The predicted molar refractivity (Wildman–Crippen MR) is 106 cm³/mol. The van der Waals surface area contributed by atoms with Crippen molar-refractivity contribution in [2.24, 2.45) is 0 Å². The number of aryl methyl sites for hydroxylation is 1. The smallest absolute Gasteiger partial charge is 0.235 e. The van der Waals surface area contributed by atoms with E-state index in [4.69, 9.17) is 9.47 Å². The van der Waals surface area contributed by atoms with E-state index in [0.717, 1.165) is 24.0 Å². The van der Waals surface area contributed by atoms with Crippen LogP contribution in [0.1, 0.15) is 43.7 Å². The van der Waals surface area contributed by atoms with Gasteiger partial charge in [0.2, 0.25) is 11.8 Å². The highest BCUT2D eigenvalue weighted by Crippen LogP contribution is 2.36. The van der Waals surface area contributed by atoms with Gasteiger partial charge in [0.25, 0.3) is 0 Å². The number of amides is 1. The standard InChI is InChI=1S/C22H27FN2O3/c1-3-4-11-28-20-16(2)14-19(15-24-20)25-21(26)22(9-12-27-13-10-22)17-5-7-18(23)8-6-17/h5-8,14-15H,3-4,9-13H2,1-2H3,(H,25,26). The number of rotatable bonds is 7. The average Bonchev–Trinajstić information content (AvgIpc) is 2.71. The molecular formula is C22H27FN2O3. The second-order valence-corrected chi connectivity index (χ2v) is 7.20. The van der Waals surface area contributed by atoms with Crippen LogP contribution in [0.3, 0.4) is 0 Å². The molecule has 0 saturated carbocycles. The van der Waals surface area contributed by atoms with Crippen molar-refractivity contribution in [3.63, 3.8) is 0 Å². The van der Waals surface area contributed by atoms with Gasteiger partial charge in [0, 0.05) is 18.8 Å². The molecule has 1 aliphatic heterocycles. The van der Waals surface area contributed by atoms with Crippen LogP contribution in [0.15, 0.2) is 36.5 Å². The van der Waals surface area contributed by atoms with Crippen molar-refractivity contribution in [2.75, 3.05) is 25.1 Å². The lowest BCUT2D eigenvalue weighted by Crippen LogP contribution is -2.44. The topological polar surface area (TPSA) is 60.5 Å². The summed E-state index contributed by atoms with van der Waals surface area (Å²) in [7, 11) is 0. The van der Waals surface area contributed by atoms with Crippen molar-refractivity contribution in [1.82, 2.24) is 4.98 Å². The maximum Gasteiger partial charge on any atom is 0.235 e. The molecule has 1 N–H and O–H groups in total. The molecule has 150 valence electrons. The van der Waals surface area contributed by atoms with Crippen molar-refractivity contribution in [2.45, 2.75) is 44.9 Å². The van der Waals surface area contributed by atoms with Crippen LogP contribution in [0.4, 0.5) is 10.1 Å². The summed E-state index contributed by atoms with van der Waals surface area (Å²) in [5, 5.41) is 2.99. The van der Waals surface area contributed by atoms with Gasteiger partial charge < -0.3 is 14.8 Å². The van der Waals surface area contributed by atoms with Gasteiger partial charge in [-0.3, -0.25) is 4.79 Å². The third-order valence-electron chi connectivity index (χ3n) is 5.20. The van der Waals surface area contributed by atoms with E-state index in [1.165, 1.54) is 12.1 Å². The van der Waals surface area contributed by atoms with Gasteiger partial charge >= 0.3 is 0 Å². The number of hydrogen-bond donors (Lipinski definition) is 1. The van der Waals surface area contributed by atoms with Gasteiger partial charge in [-0.1, -0.05) is 25.5 Å². The number of benzene rings is 1. The van der Waals surface area contributed by atoms with E-state index in [1.54, 1.807) is 18.3 Å². The van der Waals surface area contributed by atoms with Gasteiger partial charge in [-0.15, -0.1) is 0 Å².